The van der Waals surface area contributed by atoms with E-state index in [1.807, 2.05) is 56.3 Å². The lowest BCUT2D eigenvalue weighted by Crippen LogP contribution is -2.52. The van der Waals surface area contributed by atoms with Gasteiger partial charge in [-0.25, -0.2) is 0 Å². The Morgan fingerprint density at radius 3 is 2.47 bits per heavy atom. The van der Waals surface area contributed by atoms with Crippen LogP contribution in [0.15, 0.2) is 46.9 Å². The Hall–Kier alpha value is -2.34. The number of ether oxygens (including phenoxy) is 1. The molecule has 0 unspecified atom stereocenters. The summed E-state index contributed by atoms with van der Waals surface area (Å²) in [5.74, 6) is 0.757. The molecule has 3 rings (SSSR count). The predicted molar refractivity (Wildman–Crippen MR) is 140 cm³/mol. The quantitative estimate of drug-likeness (QED) is 0.403. The summed E-state index contributed by atoms with van der Waals surface area (Å²) in [5, 5.41) is 3.18. The van der Waals surface area contributed by atoms with Crippen LogP contribution < -0.4 is 10.1 Å². The molecule has 0 saturated heterocycles. The fourth-order valence-corrected chi connectivity index (χ4v) is 4.98. The van der Waals surface area contributed by atoms with Crippen molar-refractivity contribution in [3.8, 4) is 5.75 Å². The molecule has 184 valence electrons. The molecule has 1 saturated carbocycles. The summed E-state index contributed by atoms with van der Waals surface area (Å²) < 4.78 is 6.74. The van der Waals surface area contributed by atoms with Gasteiger partial charge in [-0.15, -0.1) is 0 Å². The zero-order chi connectivity index (χ0) is 24.7. The Bertz CT molecular complexity index is 985. The molecule has 34 heavy (non-hydrogen) atoms. The van der Waals surface area contributed by atoms with Crippen LogP contribution >= 0.6 is 15.9 Å². The van der Waals surface area contributed by atoms with E-state index in [1.54, 1.807) is 4.90 Å². The zero-order valence-electron chi connectivity index (χ0n) is 20.8. The summed E-state index contributed by atoms with van der Waals surface area (Å²) in [5.41, 5.74) is 3.33. The summed E-state index contributed by atoms with van der Waals surface area (Å²) >= 11 is 3.57. The Morgan fingerprint density at radius 1 is 1.15 bits per heavy atom. The van der Waals surface area contributed by atoms with Gasteiger partial charge in [0.25, 0.3) is 5.91 Å². The highest BCUT2D eigenvalue weighted by Gasteiger charge is 2.31. The second-order valence-electron chi connectivity index (χ2n) is 9.50. The number of rotatable bonds is 10. The zero-order valence-corrected chi connectivity index (χ0v) is 22.4. The average Bonchev–Trinajstić information content (AvgIpc) is 3.32. The monoisotopic (exact) mass is 528 g/mol. The van der Waals surface area contributed by atoms with Crippen molar-refractivity contribution < 1.29 is 14.3 Å². The van der Waals surface area contributed by atoms with Gasteiger partial charge in [-0.1, -0.05) is 63.9 Å². The molecule has 2 aromatic carbocycles. The van der Waals surface area contributed by atoms with E-state index >= 15 is 0 Å². The summed E-state index contributed by atoms with van der Waals surface area (Å²) in [4.78, 5) is 28.4. The van der Waals surface area contributed by atoms with Gasteiger partial charge in [-0.2, -0.15) is 0 Å². The topological polar surface area (TPSA) is 58.6 Å². The van der Waals surface area contributed by atoms with Crippen LogP contribution in [-0.2, 0) is 16.1 Å². The van der Waals surface area contributed by atoms with Gasteiger partial charge in [0.05, 0.1) is 4.47 Å². The van der Waals surface area contributed by atoms with Crippen molar-refractivity contribution >= 4 is 27.7 Å². The Morgan fingerprint density at radius 2 is 1.85 bits per heavy atom. The first-order chi connectivity index (χ1) is 16.3. The number of carbonyl (C=O) groups is 2. The van der Waals surface area contributed by atoms with Crippen LogP contribution in [0.4, 0.5) is 0 Å². The average molecular weight is 530 g/mol. The minimum Gasteiger partial charge on any atom is -0.483 e. The summed E-state index contributed by atoms with van der Waals surface area (Å²) in [6.07, 6.45) is 4.86. The van der Waals surface area contributed by atoms with Gasteiger partial charge in [-0.05, 0) is 76.9 Å². The van der Waals surface area contributed by atoms with Crippen LogP contribution in [0.25, 0.3) is 0 Å². The van der Waals surface area contributed by atoms with E-state index < -0.39 is 6.04 Å². The fraction of sp³-hybridized carbons (Fsp3) is 0.500. The van der Waals surface area contributed by atoms with Gasteiger partial charge in [0.15, 0.2) is 6.61 Å². The third-order valence-electron chi connectivity index (χ3n) is 6.66. The lowest BCUT2D eigenvalue weighted by atomic mass is 10.0. The lowest BCUT2D eigenvalue weighted by Gasteiger charge is -2.32. The molecular weight excluding hydrogens is 492 g/mol. The Balaban J connectivity index is 1.78. The molecule has 2 aromatic rings. The maximum absolute atomic E-state index is 13.5. The van der Waals surface area contributed by atoms with E-state index in [0.717, 1.165) is 41.3 Å². The molecule has 2 amide bonds. The van der Waals surface area contributed by atoms with Crippen LogP contribution in [0.1, 0.15) is 75.5 Å². The van der Waals surface area contributed by atoms with E-state index in [9.17, 15) is 9.59 Å². The molecule has 0 aliphatic heterocycles. The third kappa shape index (κ3) is 6.84. The van der Waals surface area contributed by atoms with Gasteiger partial charge >= 0.3 is 0 Å². The van der Waals surface area contributed by atoms with Crippen molar-refractivity contribution in [2.75, 3.05) is 6.61 Å². The highest BCUT2D eigenvalue weighted by atomic mass is 79.9. The highest BCUT2D eigenvalue weighted by molar-refractivity contribution is 9.10. The van der Waals surface area contributed by atoms with Crippen LogP contribution in [-0.4, -0.2) is 35.4 Å². The molecular formula is C28H37BrN2O3. The SMILES string of the molecule is CC[C@@H](C(=O)NC1CCCC1)N(Cc1ccccc1C)C(=O)COc1ccc(C(C)C)cc1Br. The number of carbonyl (C=O) groups excluding carboxylic acids is 2. The second kappa shape index (κ2) is 12.4. The Labute approximate surface area is 212 Å². The van der Waals surface area contributed by atoms with Crippen molar-refractivity contribution in [3.63, 3.8) is 0 Å². The maximum Gasteiger partial charge on any atom is 0.261 e. The van der Waals surface area contributed by atoms with E-state index in [1.165, 1.54) is 5.56 Å². The summed E-state index contributed by atoms with van der Waals surface area (Å²) in [6.45, 7) is 8.51. The van der Waals surface area contributed by atoms with Crippen LogP contribution in [0.3, 0.4) is 0 Å². The fourth-order valence-electron chi connectivity index (χ4n) is 4.47. The maximum atomic E-state index is 13.5. The van der Waals surface area contributed by atoms with Crippen LogP contribution in [0.2, 0.25) is 0 Å². The minimum absolute atomic E-state index is 0.0706. The molecule has 1 atom stereocenters. The largest absolute Gasteiger partial charge is 0.483 e. The van der Waals surface area contributed by atoms with Gasteiger partial charge in [0, 0.05) is 12.6 Å². The molecule has 1 N–H and O–H groups in total. The third-order valence-corrected chi connectivity index (χ3v) is 7.28. The van der Waals surface area contributed by atoms with Crippen molar-refractivity contribution in [1.29, 1.82) is 0 Å². The van der Waals surface area contributed by atoms with Crippen molar-refractivity contribution in [3.05, 3.63) is 63.6 Å². The van der Waals surface area contributed by atoms with E-state index in [2.05, 4.69) is 35.1 Å². The highest BCUT2D eigenvalue weighted by Crippen LogP contribution is 2.29. The summed E-state index contributed by atoms with van der Waals surface area (Å²) in [7, 11) is 0. The lowest BCUT2D eigenvalue weighted by molar-refractivity contribution is -0.143. The first-order valence-electron chi connectivity index (χ1n) is 12.4. The van der Waals surface area contributed by atoms with Crippen molar-refractivity contribution in [2.45, 2.75) is 84.3 Å². The summed E-state index contributed by atoms with van der Waals surface area (Å²) in [6, 6.07) is 13.6. The van der Waals surface area contributed by atoms with Crippen LogP contribution in [0, 0.1) is 6.92 Å². The minimum atomic E-state index is -0.539. The molecule has 0 aromatic heterocycles. The molecule has 0 spiro atoms. The number of amides is 2. The smallest absolute Gasteiger partial charge is 0.261 e. The predicted octanol–water partition coefficient (Wildman–Crippen LogP) is 6.13. The molecule has 5 nitrogen and oxygen atoms in total. The van der Waals surface area contributed by atoms with Crippen molar-refractivity contribution in [1.82, 2.24) is 10.2 Å². The van der Waals surface area contributed by atoms with Crippen LogP contribution in [0.5, 0.6) is 5.75 Å². The second-order valence-corrected chi connectivity index (χ2v) is 10.3. The molecule has 0 heterocycles. The van der Waals surface area contributed by atoms with E-state index in [4.69, 9.17) is 4.74 Å². The van der Waals surface area contributed by atoms with E-state index in [0.29, 0.717) is 24.6 Å². The number of halogens is 1. The van der Waals surface area contributed by atoms with Gasteiger partial charge < -0.3 is 15.0 Å². The number of nitrogens with one attached hydrogen (secondary N) is 1. The molecule has 0 bridgehead atoms. The number of hydrogen-bond donors (Lipinski definition) is 1. The van der Waals surface area contributed by atoms with Gasteiger partial charge in [0.1, 0.15) is 11.8 Å². The normalized spacial score (nSPS) is 14.8. The van der Waals surface area contributed by atoms with E-state index in [-0.39, 0.29) is 24.5 Å². The number of benzene rings is 2. The molecule has 1 aliphatic rings. The number of aryl methyl sites for hydroxylation is 1. The standard InChI is InChI=1S/C28H37BrN2O3/c1-5-25(28(33)30-23-12-8-9-13-23)31(17-22-11-7-6-10-20(22)4)27(32)18-34-26-15-14-21(19(2)3)16-24(26)29/h6-7,10-11,14-16,19,23,25H,5,8-9,12-13,17-18H2,1-4H3,(H,30,33)/t25-/m0/s1. The van der Waals surface area contributed by atoms with Crippen molar-refractivity contribution in [2.24, 2.45) is 0 Å². The molecule has 1 aliphatic carbocycles. The molecule has 1 fully saturated rings. The van der Waals surface area contributed by atoms with Gasteiger partial charge in [-0.3, -0.25) is 9.59 Å². The first-order valence-corrected chi connectivity index (χ1v) is 13.2. The number of nitrogens with zero attached hydrogens (tertiary/aromatic N) is 1. The molecule has 6 heteroatoms. The first kappa shape index (κ1) is 26.3. The van der Waals surface area contributed by atoms with Gasteiger partial charge in [0.2, 0.25) is 5.91 Å². The number of hydrogen-bond acceptors (Lipinski definition) is 3. The molecule has 0 radical (unpaired) electrons. The Kier molecular flexibility index (Phi) is 9.57.